The first-order chi connectivity index (χ1) is 9.74. The van der Waals surface area contributed by atoms with Crippen LogP contribution >= 0.6 is 0 Å². The summed E-state index contributed by atoms with van der Waals surface area (Å²) in [5, 5.41) is 9.25. The van der Waals surface area contributed by atoms with E-state index in [0.717, 1.165) is 0 Å². The summed E-state index contributed by atoms with van der Waals surface area (Å²) in [6.07, 6.45) is 4.98. The van der Waals surface area contributed by atoms with E-state index in [-0.39, 0.29) is 24.2 Å². The molecule has 0 bridgehead atoms. The highest BCUT2D eigenvalue weighted by molar-refractivity contribution is 6.00. The molecule has 7 heteroatoms. The summed E-state index contributed by atoms with van der Waals surface area (Å²) < 4.78 is 5.14. The van der Waals surface area contributed by atoms with Gasteiger partial charge in [-0.2, -0.15) is 5.10 Å². The number of aromatic amines is 1. The Kier molecular flexibility index (Phi) is 3.24. The van der Waals surface area contributed by atoms with Crippen molar-refractivity contribution in [2.24, 2.45) is 5.92 Å². The van der Waals surface area contributed by atoms with Crippen LogP contribution in [0, 0.1) is 5.92 Å². The predicted molar refractivity (Wildman–Crippen MR) is 69.6 cm³/mol. The fraction of sp³-hybridized carbons (Fsp3) is 0.308. The standard InChI is InChI=1S/C13H14N4O3/c18-12-4-9(8-17(12)10-5-15-16-6-10)13(19)14-7-11-2-1-3-20-11/h1-3,5-6,9H,4,7-8H2,(H,14,19)(H,15,16). The Bertz CT molecular complexity index is 591. The molecule has 0 radical (unpaired) electrons. The van der Waals surface area contributed by atoms with Crippen molar-refractivity contribution in [3.8, 4) is 0 Å². The zero-order valence-corrected chi connectivity index (χ0v) is 10.7. The molecule has 1 atom stereocenters. The van der Waals surface area contributed by atoms with E-state index in [1.54, 1.807) is 35.7 Å². The normalized spacial score (nSPS) is 18.5. The van der Waals surface area contributed by atoms with E-state index in [1.165, 1.54) is 0 Å². The molecule has 1 unspecified atom stereocenters. The molecule has 1 aliphatic heterocycles. The molecular weight excluding hydrogens is 260 g/mol. The Morgan fingerprint density at radius 3 is 3.20 bits per heavy atom. The third-order valence-corrected chi connectivity index (χ3v) is 3.31. The van der Waals surface area contributed by atoms with Crippen molar-refractivity contribution in [1.29, 1.82) is 0 Å². The van der Waals surface area contributed by atoms with Gasteiger partial charge in [-0.25, -0.2) is 0 Å². The quantitative estimate of drug-likeness (QED) is 0.857. The van der Waals surface area contributed by atoms with Crippen LogP contribution in [0.4, 0.5) is 5.69 Å². The first-order valence-electron chi connectivity index (χ1n) is 6.33. The van der Waals surface area contributed by atoms with Crippen LogP contribution in [-0.2, 0) is 16.1 Å². The van der Waals surface area contributed by atoms with Crippen molar-refractivity contribution in [3.05, 3.63) is 36.5 Å². The van der Waals surface area contributed by atoms with E-state index in [1.807, 2.05) is 0 Å². The highest BCUT2D eigenvalue weighted by Gasteiger charge is 2.35. The average molecular weight is 274 g/mol. The number of rotatable bonds is 4. The highest BCUT2D eigenvalue weighted by atomic mass is 16.3. The molecule has 0 aromatic carbocycles. The summed E-state index contributed by atoms with van der Waals surface area (Å²) in [6.45, 7) is 0.713. The molecular formula is C13H14N4O3. The van der Waals surface area contributed by atoms with Gasteiger partial charge in [0.1, 0.15) is 5.76 Å². The molecule has 3 rings (SSSR count). The van der Waals surface area contributed by atoms with Gasteiger partial charge in [-0.05, 0) is 12.1 Å². The molecule has 1 saturated heterocycles. The molecule has 0 saturated carbocycles. The zero-order valence-electron chi connectivity index (χ0n) is 10.7. The van der Waals surface area contributed by atoms with Crippen LogP contribution in [0.1, 0.15) is 12.2 Å². The number of nitrogens with one attached hydrogen (secondary N) is 2. The SMILES string of the molecule is O=C(NCc1ccco1)C1CC(=O)N(c2cn[nH]c2)C1. The second kappa shape index (κ2) is 5.20. The molecule has 1 fully saturated rings. The summed E-state index contributed by atoms with van der Waals surface area (Å²) in [4.78, 5) is 25.5. The van der Waals surface area contributed by atoms with Crippen LogP contribution in [-0.4, -0.2) is 28.6 Å². The predicted octanol–water partition coefficient (Wildman–Crippen LogP) is 0.672. The van der Waals surface area contributed by atoms with E-state index >= 15 is 0 Å². The average Bonchev–Trinajstić information content (AvgIpc) is 3.17. The number of anilines is 1. The van der Waals surface area contributed by atoms with Crippen molar-refractivity contribution in [1.82, 2.24) is 15.5 Å². The van der Waals surface area contributed by atoms with Crippen LogP contribution < -0.4 is 10.2 Å². The summed E-state index contributed by atoms with van der Waals surface area (Å²) in [6, 6.07) is 3.55. The Morgan fingerprint density at radius 2 is 2.50 bits per heavy atom. The number of hydrogen-bond acceptors (Lipinski definition) is 4. The Balaban J connectivity index is 1.58. The molecule has 2 N–H and O–H groups in total. The summed E-state index contributed by atoms with van der Waals surface area (Å²) in [7, 11) is 0. The third kappa shape index (κ3) is 2.42. The highest BCUT2D eigenvalue weighted by Crippen LogP contribution is 2.24. The van der Waals surface area contributed by atoms with Gasteiger partial charge >= 0.3 is 0 Å². The van der Waals surface area contributed by atoms with Crippen LogP contribution in [0.25, 0.3) is 0 Å². The molecule has 20 heavy (non-hydrogen) atoms. The largest absolute Gasteiger partial charge is 0.467 e. The maximum absolute atomic E-state index is 12.0. The lowest BCUT2D eigenvalue weighted by Gasteiger charge is -2.13. The zero-order chi connectivity index (χ0) is 13.9. The van der Waals surface area contributed by atoms with Gasteiger partial charge in [0, 0.05) is 19.2 Å². The molecule has 104 valence electrons. The van der Waals surface area contributed by atoms with Crippen molar-refractivity contribution in [3.63, 3.8) is 0 Å². The number of furan rings is 1. The number of H-pyrrole nitrogens is 1. The molecule has 3 heterocycles. The van der Waals surface area contributed by atoms with Gasteiger partial charge in [-0.1, -0.05) is 0 Å². The van der Waals surface area contributed by atoms with E-state index in [4.69, 9.17) is 4.42 Å². The van der Waals surface area contributed by atoms with Gasteiger partial charge in [-0.3, -0.25) is 14.7 Å². The maximum Gasteiger partial charge on any atom is 0.227 e. The fourth-order valence-electron chi connectivity index (χ4n) is 2.26. The number of hydrogen-bond donors (Lipinski definition) is 2. The van der Waals surface area contributed by atoms with Crippen LogP contribution in [0.3, 0.4) is 0 Å². The molecule has 2 aromatic heterocycles. The third-order valence-electron chi connectivity index (χ3n) is 3.31. The number of nitrogens with zero attached hydrogens (tertiary/aromatic N) is 2. The summed E-state index contributed by atoms with van der Waals surface area (Å²) in [5.74, 6) is 0.145. The van der Waals surface area contributed by atoms with Crippen molar-refractivity contribution in [2.45, 2.75) is 13.0 Å². The fourth-order valence-corrected chi connectivity index (χ4v) is 2.26. The van der Waals surface area contributed by atoms with Crippen LogP contribution in [0.2, 0.25) is 0 Å². The van der Waals surface area contributed by atoms with Gasteiger partial charge in [0.05, 0.1) is 30.6 Å². The molecule has 0 spiro atoms. The topological polar surface area (TPSA) is 91.2 Å². The van der Waals surface area contributed by atoms with Crippen LogP contribution in [0.5, 0.6) is 0 Å². The van der Waals surface area contributed by atoms with E-state index < -0.39 is 0 Å². The monoisotopic (exact) mass is 274 g/mol. The minimum absolute atomic E-state index is 0.0652. The van der Waals surface area contributed by atoms with Gasteiger partial charge < -0.3 is 14.6 Å². The lowest BCUT2D eigenvalue weighted by atomic mass is 10.1. The Morgan fingerprint density at radius 1 is 1.60 bits per heavy atom. The second-order valence-corrected chi connectivity index (χ2v) is 4.66. The Labute approximate surface area is 114 Å². The lowest BCUT2D eigenvalue weighted by Crippen LogP contribution is -2.32. The first-order valence-corrected chi connectivity index (χ1v) is 6.33. The van der Waals surface area contributed by atoms with Crippen LogP contribution in [0.15, 0.2) is 35.2 Å². The maximum atomic E-state index is 12.0. The second-order valence-electron chi connectivity index (χ2n) is 4.66. The van der Waals surface area contributed by atoms with Gasteiger partial charge in [-0.15, -0.1) is 0 Å². The van der Waals surface area contributed by atoms with Crippen molar-refractivity contribution >= 4 is 17.5 Å². The number of carbonyl (C=O) groups is 2. The van der Waals surface area contributed by atoms with Crippen molar-refractivity contribution < 1.29 is 14.0 Å². The van der Waals surface area contributed by atoms with E-state index in [0.29, 0.717) is 24.5 Å². The molecule has 0 aliphatic carbocycles. The molecule has 2 amide bonds. The van der Waals surface area contributed by atoms with Gasteiger partial charge in [0.15, 0.2) is 0 Å². The van der Waals surface area contributed by atoms with Crippen molar-refractivity contribution in [2.75, 3.05) is 11.4 Å². The smallest absolute Gasteiger partial charge is 0.227 e. The number of amides is 2. The van der Waals surface area contributed by atoms with Gasteiger partial charge in [0.2, 0.25) is 11.8 Å². The molecule has 1 aliphatic rings. The lowest BCUT2D eigenvalue weighted by molar-refractivity contribution is -0.126. The molecule has 7 nitrogen and oxygen atoms in total. The first kappa shape index (κ1) is 12.5. The van der Waals surface area contributed by atoms with E-state index in [9.17, 15) is 9.59 Å². The van der Waals surface area contributed by atoms with Gasteiger partial charge in [0.25, 0.3) is 0 Å². The van der Waals surface area contributed by atoms with E-state index in [2.05, 4.69) is 15.5 Å². The molecule has 2 aromatic rings. The minimum atomic E-state index is -0.340. The Hall–Kier alpha value is -2.57. The summed E-state index contributed by atoms with van der Waals surface area (Å²) >= 11 is 0. The number of carbonyl (C=O) groups excluding carboxylic acids is 2. The minimum Gasteiger partial charge on any atom is -0.467 e. The summed E-state index contributed by atoms with van der Waals surface area (Å²) in [5.41, 5.74) is 0.691. The number of aromatic nitrogens is 2.